The molecule has 0 bridgehead atoms. The van der Waals surface area contributed by atoms with Gasteiger partial charge in [-0.25, -0.2) is 18.3 Å². The van der Waals surface area contributed by atoms with Crippen LogP contribution in [0.4, 0.5) is 8.78 Å². The fourth-order valence-electron chi connectivity index (χ4n) is 1.79. The van der Waals surface area contributed by atoms with Crippen LogP contribution in [0.1, 0.15) is 17.0 Å². The molecule has 0 saturated heterocycles. The van der Waals surface area contributed by atoms with Gasteiger partial charge in [-0.05, 0) is 25.1 Å². The molecule has 0 atom stereocenters. The van der Waals surface area contributed by atoms with Gasteiger partial charge >= 0.3 is 0 Å². The second-order valence-corrected chi connectivity index (χ2v) is 5.17. The van der Waals surface area contributed by atoms with Gasteiger partial charge in [0.2, 0.25) is 0 Å². The highest BCUT2D eigenvalue weighted by molar-refractivity contribution is 7.15. The number of hydrogen-bond acceptors (Lipinski definition) is 3. The van der Waals surface area contributed by atoms with Crippen molar-refractivity contribution in [3.63, 3.8) is 0 Å². The lowest BCUT2D eigenvalue weighted by Crippen LogP contribution is -2.01. The summed E-state index contributed by atoms with van der Waals surface area (Å²) in [6.07, 6.45) is -1.10. The summed E-state index contributed by atoms with van der Waals surface area (Å²) in [5.74, 6) is 0. The molecule has 0 aromatic carbocycles. The van der Waals surface area contributed by atoms with Crippen molar-refractivity contribution < 1.29 is 8.78 Å². The summed E-state index contributed by atoms with van der Waals surface area (Å²) in [4.78, 5) is 6.35. The highest BCUT2D eigenvalue weighted by atomic mass is 32.1. The first-order chi connectivity index (χ1) is 8.65. The van der Waals surface area contributed by atoms with E-state index in [1.807, 2.05) is 19.1 Å². The molecule has 0 unspecified atom stereocenters. The van der Waals surface area contributed by atoms with E-state index in [9.17, 15) is 8.78 Å². The Morgan fingerprint density at radius 1 is 1.28 bits per heavy atom. The lowest BCUT2D eigenvalue weighted by atomic mass is 10.3. The Kier molecular flexibility index (Phi) is 2.59. The molecule has 3 nitrogen and oxygen atoms in total. The number of halogens is 2. The van der Waals surface area contributed by atoms with Crippen LogP contribution >= 0.6 is 11.3 Å². The zero-order valence-corrected chi connectivity index (χ0v) is 10.3. The summed E-state index contributed by atoms with van der Waals surface area (Å²) in [5, 5.41) is 3.86. The summed E-state index contributed by atoms with van der Waals surface area (Å²) in [6.45, 7) is 1.97. The molecule has 3 heterocycles. The number of rotatable bonds is 2. The van der Waals surface area contributed by atoms with Gasteiger partial charge in [-0.2, -0.15) is 5.10 Å². The molecule has 3 aromatic rings. The monoisotopic (exact) mass is 265 g/mol. The second-order valence-electron chi connectivity index (χ2n) is 3.88. The molecule has 6 heteroatoms. The molecule has 0 amide bonds. The average molecular weight is 265 g/mol. The van der Waals surface area contributed by atoms with Crippen molar-refractivity contribution in [2.45, 2.75) is 13.3 Å². The molecule has 0 radical (unpaired) electrons. The zero-order valence-electron chi connectivity index (χ0n) is 9.47. The predicted molar refractivity (Wildman–Crippen MR) is 66.0 cm³/mol. The Balaban J connectivity index is 2.24. The molecule has 0 aliphatic rings. The fraction of sp³-hybridized carbons (Fsp3) is 0.167. The van der Waals surface area contributed by atoms with Crippen molar-refractivity contribution in [2.24, 2.45) is 0 Å². The molecular weight excluding hydrogens is 256 g/mol. The zero-order chi connectivity index (χ0) is 12.7. The van der Waals surface area contributed by atoms with E-state index in [0.717, 1.165) is 9.75 Å². The van der Waals surface area contributed by atoms with Crippen molar-refractivity contribution in [1.82, 2.24) is 14.6 Å². The van der Waals surface area contributed by atoms with E-state index in [1.165, 1.54) is 28.1 Å². The highest BCUT2D eigenvalue weighted by Crippen LogP contribution is 2.29. The number of nitrogens with zero attached hydrogens (tertiary/aromatic N) is 3. The quantitative estimate of drug-likeness (QED) is 0.707. The number of hydrogen-bond donors (Lipinski definition) is 0. The number of alkyl halides is 2. The van der Waals surface area contributed by atoms with Crippen LogP contribution in [-0.2, 0) is 0 Å². The third-order valence-corrected chi connectivity index (χ3v) is 3.63. The first-order valence-electron chi connectivity index (χ1n) is 5.35. The second kappa shape index (κ2) is 4.13. The topological polar surface area (TPSA) is 30.2 Å². The van der Waals surface area contributed by atoms with Crippen molar-refractivity contribution in [1.29, 1.82) is 0 Å². The summed E-state index contributed by atoms with van der Waals surface area (Å²) >= 11 is 1.54. The number of thiophene rings is 1. The van der Waals surface area contributed by atoms with E-state index >= 15 is 0 Å². The van der Waals surface area contributed by atoms with Crippen LogP contribution in [0, 0.1) is 6.92 Å². The Labute approximate surface area is 106 Å². The minimum atomic E-state index is -2.57. The Morgan fingerprint density at radius 3 is 2.78 bits per heavy atom. The van der Waals surface area contributed by atoms with Crippen LogP contribution in [0.2, 0.25) is 0 Å². The third-order valence-electron chi connectivity index (χ3n) is 2.60. The van der Waals surface area contributed by atoms with Crippen molar-refractivity contribution in [2.75, 3.05) is 0 Å². The maximum atomic E-state index is 13.0. The lowest BCUT2D eigenvalue weighted by molar-refractivity contribution is 0.143. The third kappa shape index (κ3) is 1.78. The molecule has 3 rings (SSSR count). The van der Waals surface area contributed by atoms with E-state index in [4.69, 9.17) is 0 Å². The minimum Gasteiger partial charge on any atom is -0.228 e. The van der Waals surface area contributed by atoms with Crippen LogP contribution in [0.25, 0.3) is 16.2 Å². The number of fused-ring (bicyclic) bond motifs is 1. The standard InChI is InChI=1S/C12H9F2N3S/c1-7-2-3-10(18-7)8-6-9(12(13)14)17-11(16-8)4-5-15-17/h2-6,12H,1H3. The van der Waals surface area contributed by atoms with Gasteiger partial charge in [-0.3, -0.25) is 0 Å². The van der Waals surface area contributed by atoms with Gasteiger partial charge in [-0.15, -0.1) is 11.3 Å². The van der Waals surface area contributed by atoms with Gasteiger partial charge in [0.15, 0.2) is 5.65 Å². The van der Waals surface area contributed by atoms with Gasteiger partial charge in [0.05, 0.1) is 16.8 Å². The van der Waals surface area contributed by atoms with Gasteiger partial charge in [0.1, 0.15) is 5.69 Å². The van der Waals surface area contributed by atoms with Gasteiger partial charge < -0.3 is 0 Å². The number of aryl methyl sites for hydroxylation is 1. The van der Waals surface area contributed by atoms with Gasteiger partial charge in [0, 0.05) is 10.9 Å². The summed E-state index contributed by atoms with van der Waals surface area (Å²) in [7, 11) is 0. The Hall–Kier alpha value is -1.82. The molecule has 0 aliphatic heterocycles. The summed E-state index contributed by atoms with van der Waals surface area (Å²) in [6, 6.07) is 6.86. The van der Waals surface area contributed by atoms with Gasteiger partial charge in [0.25, 0.3) is 6.43 Å². The minimum absolute atomic E-state index is 0.133. The van der Waals surface area contributed by atoms with Crippen molar-refractivity contribution in [3.05, 3.63) is 41.0 Å². The largest absolute Gasteiger partial charge is 0.280 e. The Morgan fingerprint density at radius 2 is 2.11 bits per heavy atom. The normalized spacial score (nSPS) is 11.6. The van der Waals surface area contributed by atoms with Crippen LogP contribution in [0.5, 0.6) is 0 Å². The molecule has 0 saturated carbocycles. The van der Waals surface area contributed by atoms with Crippen molar-refractivity contribution >= 4 is 17.0 Å². The van der Waals surface area contributed by atoms with E-state index in [2.05, 4.69) is 10.1 Å². The fourth-order valence-corrected chi connectivity index (χ4v) is 2.62. The molecule has 18 heavy (non-hydrogen) atoms. The van der Waals surface area contributed by atoms with Crippen molar-refractivity contribution in [3.8, 4) is 10.6 Å². The first kappa shape index (κ1) is 11.3. The SMILES string of the molecule is Cc1ccc(-c2cc(C(F)F)n3nccc3n2)s1. The first-order valence-corrected chi connectivity index (χ1v) is 6.16. The maximum Gasteiger partial charge on any atom is 0.280 e. The van der Waals surface area contributed by atoms with E-state index in [0.29, 0.717) is 11.3 Å². The summed E-state index contributed by atoms with van der Waals surface area (Å²) in [5.41, 5.74) is 0.872. The highest BCUT2D eigenvalue weighted by Gasteiger charge is 2.16. The molecule has 0 fully saturated rings. The molecule has 0 aliphatic carbocycles. The van der Waals surface area contributed by atoms with Crippen LogP contribution in [0.3, 0.4) is 0 Å². The smallest absolute Gasteiger partial charge is 0.228 e. The van der Waals surface area contributed by atoms with Crippen LogP contribution in [-0.4, -0.2) is 14.6 Å². The maximum absolute atomic E-state index is 13.0. The van der Waals surface area contributed by atoms with Gasteiger partial charge in [-0.1, -0.05) is 0 Å². The number of aromatic nitrogens is 3. The molecule has 0 spiro atoms. The van der Waals surface area contributed by atoms with Crippen LogP contribution < -0.4 is 0 Å². The predicted octanol–water partition coefficient (Wildman–Crippen LogP) is 3.70. The van der Waals surface area contributed by atoms with Crippen LogP contribution in [0.15, 0.2) is 30.5 Å². The summed E-state index contributed by atoms with van der Waals surface area (Å²) < 4.78 is 27.2. The lowest BCUT2D eigenvalue weighted by Gasteiger charge is -2.05. The van der Waals surface area contributed by atoms with E-state index < -0.39 is 6.43 Å². The molecule has 92 valence electrons. The molecule has 3 aromatic heterocycles. The molecular formula is C12H9F2N3S. The average Bonchev–Trinajstić information content (AvgIpc) is 2.95. The van der Waals surface area contributed by atoms with E-state index in [-0.39, 0.29) is 5.69 Å². The molecule has 0 N–H and O–H groups in total. The Bertz CT molecular complexity index is 702. The van der Waals surface area contributed by atoms with E-state index in [1.54, 1.807) is 6.07 Å².